The number of hydrazone groups is 1. The molecule has 4 heteroatoms. The zero-order chi connectivity index (χ0) is 6.41. The minimum Gasteiger partial charge on any atom is -0.350 e. The van der Waals surface area contributed by atoms with Crippen LogP contribution < -0.4 is 11.2 Å². The van der Waals surface area contributed by atoms with E-state index in [0.29, 0.717) is 0 Å². The van der Waals surface area contributed by atoms with Crippen LogP contribution in [0.4, 0.5) is 4.79 Å². The van der Waals surface area contributed by atoms with E-state index in [2.05, 4.69) is 17.4 Å². The van der Waals surface area contributed by atoms with Gasteiger partial charge in [-0.1, -0.05) is 6.58 Å². The Balaban J connectivity index is 3.29. The highest BCUT2D eigenvalue weighted by molar-refractivity contribution is 5.75. The first-order valence-electron chi connectivity index (χ1n) is 1.97. The number of hydrogen-bond acceptors (Lipinski definition) is 2. The number of primary amides is 1. The second kappa shape index (κ2) is 3.86. The molecule has 0 rings (SSSR count). The quantitative estimate of drug-likeness (QED) is 0.378. The van der Waals surface area contributed by atoms with Crippen LogP contribution in [0.2, 0.25) is 0 Å². The molecule has 0 saturated carbocycles. The Morgan fingerprint density at radius 1 is 1.88 bits per heavy atom. The van der Waals surface area contributed by atoms with Crippen molar-refractivity contribution >= 4 is 12.2 Å². The highest BCUT2D eigenvalue weighted by atomic mass is 16.2. The van der Waals surface area contributed by atoms with E-state index in [0.717, 1.165) is 0 Å². The molecule has 0 heterocycles. The number of nitrogens with two attached hydrogens (primary N) is 1. The van der Waals surface area contributed by atoms with E-state index in [-0.39, 0.29) is 0 Å². The molecule has 4 nitrogen and oxygen atoms in total. The number of rotatable bonds is 2. The second-order valence-corrected chi connectivity index (χ2v) is 0.990. The Labute approximate surface area is 47.1 Å². The summed E-state index contributed by atoms with van der Waals surface area (Å²) < 4.78 is 0. The van der Waals surface area contributed by atoms with E-state index < -0.39 is 6.03 Å². The molecule has 0 fully saturated rings. The molecule has 44 valence electrons. The monoisotopic (exact) mass is 113 g/mol. The van der Waals surface area contributed by atoms with Crippen molar-refractivity contribution in [1.29, 1.82) is 0 Å². The van der Waals surface area contributed by atoms with Crippen LogP contribution in [0.1, 0.15) is 0 Å². The summed E-state index contributed by atoms with van der Waals surface area (Å²) in [6, 6.07) is -0.678. The summed E-state index contributed by atoms with van der Waals surface area (Å²) in [5.74, 6) is 0. The Morgan fingerprint density at radius 3 is 2.88 bits per heavy atom. The zero-order valence-electron chi connectivity index (χ0n) is 4.29. The summed E-state index contributed by atoms with van der Waals surface area (Å²) in [5.41, 5.74) is 6.62. The summed E-state index contributed by atoms with van der Waals surface area (Å²) in [4.78, 5) is 9.84. The molecule has 0 aliphatic carbocycles. The van der Waals surface area contributed by atoms with Crippen molar-refractivity contribution in [3.63, 3.8) is 0 Å². The first kappa shape index (κ1) is 6.68. The largest absolute Gasteiger partial charge is 0.350 e. The fraction of sp³-hybridized carbons (Fsp3) is 0. The van der Waals surface area contributed by atoms with Gasteiger partial charge >= 0.3 is 6.03 Å². The summed E-state index contributed by atoms with van der Waals surface area (Å²) in [5, 5.41) is 3.32. The topological polar surface area (TPSA) is 67.5 Å². The molecule has 0 aliphatic rings. The number of nitrogens with zero attached hydrogens (tertiary/aromatic N) is 1. The van der Waals surface area contributed by atoms with E-state index in [1.54, 1.807) is 0 Å². The minimum atomic E-state index is -0.678. The van der Waals surface area contributed by atoms with Gasteiger partial charge < -0.3 is 5.73 Å². The average molecular weight is 113 g/mol. The third kappa shape index (κ3) is 4.68. The van der Waals surface area contributed by atoms with Crippen LogP contribution in [-0.4, -0.2) is 12.2 Å². The first-order valence-corrected chi connectivity index (χ1v) is 1.97. The summed E-state index contributed by atoms with van der Waals surface area (Å²) >= 11 is 0. The van der Waals surface area contributed by atoms with Crippen molar-refractivity contribution in [2.45, 2.75) is 0 Å². The van der Waals surface area contributed by atoms with E-state index in [4.69, 9.17) is 0 Å². The maximum atomic E-state index is 9.84. The molecular formula is C4H7N3O. The number of nitrogens with one attached hydrogen (secondary N) is 1. The molecule has 8 heavy (non-hydrogen) atoms. The second-order valence-electron chi connectivity index (χ2n) is 0.990. The molecule has 0 aromatic heterocycles. The lowest BCUT2D eigenvalue weighted by molar-refractivity contribution is 0.249. The van der Waals surface area contributed by atoms with Crippen molar-refractivity contribution in [3.05, 3.63) is 12.7 Å². The standard InChI is InChI=1S/C4H7N3O/c1-2-3-6-7-4(5)8/h2-3H,1H2,(H3,5,7,8). The Hall–Kier alpha value is -1.32. The zero-order valence-corrected chi connectivity index (χ0v) is 4.29. The smallest absolute Gasteiger partial charge is 0.332 e. The number of urea groups is 1. The lowest BCUT2D eigenvalue weighted by atomic mass is 10.7. The van der Waals surface area contributed by atoms with Gasteiger partial charge in [-0.25, -0.2) is 10.2 Å². The van der Waals surface area contributed by atoms with Gasteiger partial charge in [-0.2, -0.15) is 5.10 Å². The van der Waals surface area contributed by atoms with Crippen LogP contribution in [0.3, 0.4) is 0 Å². The Kier molecular flexibility index (Phi) is 3.22. The van der Waals surface area contributed by atoms with Crippen LogP contribution >= 0.6 is 0 Å². The Bertz CT molecular complexity index is 118. The number of carbonyl (C=O) groups is 1. The number of amides is 2. The normalized spacial score (nSPS) is 9.00. The average Bonchev–Trinajstić information content (AvgIpc) is 1.66. The van der Waals surface area contributed by atoms with Crippen molar-refractivity contribution in [1.82, 2.24) is 5.43 Å². The predicted octanol–water partition coefficient (Wildman–Crippen LogP) is -0.173. The molecule has 0 bridgehead atoms. The fourth-order valence-electron chi connectivity index (χ4n) is 0.154. The van der Waals surface area contributed by atoms with Crippen LogP contribution in [0.15, 0.2) is 17.8 Å². The van der Waals surface area contributed by atoms with E-state index in [1.807, 2.05) is 5.43 Å². The molecule has 0 radical (unpaired) electrons. The molecule has 0 aromatic carbocycles. The van der Waals surface area contributed by atoms with Crippen molar-refractivity contribution in [3.8, 4) is 0 Å². The van der Waals surface area contributed by atoms with Gasteiger partial charge in [-0.15, -0.1) is 0 Å². The maximum Gasteiger partial charge on any atom is 0.332 e. The summed E-state index contributed by atoms with van der Waals surface area (Å²) in [6.45, 7) is 3.32. The highest BCUT2D eigenvalue weighted by Crippen LogP contribution is 1.56. The SMILES string of the molecule is C=CC=NNC(N)=O. The lowest BCUT2D eigenvalue weighted by Gasteiger charge is -1.85. The number of carbonyl (C=O) groups excluding carboxylic acids is 1. The van der Waals surface area contributed by atoms with Gasteiger partial charge in [-0.3, -0.25) is 0 Å². The number of hydrogen-bond donors (Lipinski definition) is 2. The maximum absolute atomic E-state index is 9.84. The predicted molar refractivity (Wildman–Crippen MR) is 31.4 cm³/mol. The van der Waals surface area contributed by atoms with Crippen molar-refractivity contribution in [2.24, 2.45) is 10.8 Å². The molecule has 0 atom stereocenters. The van der Waals surface area contributed by atoms with Gasteiger partial charge in [-0.05, 0) is 6.08 Å². The first-order chi connectivity index (χ1) is 3.77. The van der Waals surface area contributed by atoms with Crippen molar-refractivity contribution < 1.29 is 4.79 Å². The Morgan fingerprint density at radius 2 is 2.50 bits per heavy atom. The van der Waals surface area contributed by atoms with Gasteiger partial charge in [0.05, 0.1) is 0 Å². The molecule has 2 amide bonds. The summed E-state index contributed by atoms with van der Waals surface area (Å²) in [6.07, 6.45) is 2.75. The van der Waals surface area contributed by atoms with Crippen LogP contribution in [-0.2, 0) is 0 Å². The molecular weight excluding hydrogens is 106 g/mol. The molecule has 0 spiro atoms. The van der Waals surface area contributed by atoms with Crippen LogP contribution in [0.5, 0.6) is 0 Å². The summed E-state index contributed by atoms with van der Waals surface area (Å²) in [7, 11) is 0. The van der Waals surface area contributed by atoms with E-state index in [1.165, 1.54) is 12.3 Å². The van der Waals surface area contributed by atoms with Crippen LogP contribution in [0.25, 0.3) is 0 Å². The van der Waals surface area contributed by atoms with Crippen molar-refractivity contribution in [2.75, 3.05) is 0 Å². The lowest BCUT2D eigenvalue weighted by Crippen LogP contribution is -2.24. The molecule has 0 saturated heterocycles. The van der Waals surface area contributed by atoms with E-state index >= 15 is 0 Å². The number of allylic oxidation sites excluding steroid dienone is 1. The third-order valence-electron chi connectivity index (χ3n) is 0.355. The third-order valence-corrected chi connectivity index (χ3v) is 0.355. The minimum absolute atomic E-state index is 0.678. The van der Waals surface area contributed by atoms with E-state index in [9.17, 15) is 4.79 Å². The molecule has 0 aromatic rings. The highest BCUT2D eigenvalue weighted by Gasteiger charge is 1.79. The fourth-order valence-corrected chi connectivity index (χ4v) is 0.154. The van der Waals surface area contributed by atoms with Gasteiger partial charge in [0.25, 0.3) is 0 Å². The molecule has 3 N–H and O–H groups in total. The van der Waals surface area contributed by atoms with Gasteiger partial charge in [0.1, 0.15) is 0 Å². The molecule has 0 unspecified atom stereocenters. The van der Waals surface area contributed by atoms with Gasteiger partial charge in [0.15, 0.2) is 0 Å². The van der Waals surface area contributed by atoms with Gasteiger partial charge in [0.2, 0.25) is 0 Å². The van der Waals surface area contributed by atoms with Gasteiger partial charge in [0, 0.05) is 6.21 Å². The van der Waals surface area contributed by atoms with Crippen LogP contribution in [0, 0.1) is 0 Å². The molecule has 0 aliphatic heterocycles.